The highest BCUT2D eigenvalue weighted by Crippen LogP contribution is 2.32. The number of halogens is 1. The topological polar surface area (TPSA) is 78.4 Å². The minimum Gasteiger partial charge on any atom is -0.367 e. The van der Waals surface area contributed by atoms with Gasteiger partial charge in [-0.25, -0.2) is 14.2 Å². The van der Waals surface area contributed by atoms with Gasteiger partial charge in [0.1, 0.15) is 17.0 Å². The zero-order valence-electron chi connectivity index (χ0n) is 14.5. The zero-order chi connectivity index (χ0) is 18.8. The van der Waals surface area contributed by atoms with Crippen LogP contribution in [0.3, 0.4) is 0 Å². The Bertz CT molecular complexity index is 973. The number of hydrogen-bond donors (Lipinski definition) is 2. The Labute approximate surface area is 168 Å². The van der Waals surface area contributed by atoms with E-state index in [9.17, 15) is 8.76 Å². The van der Waals surface area contributed by atoms with Crippen LogP contribution in [0.2, 0.25) is 4.34 Å². The van der Waals surface area contributed by atoms with Crippen LogP contribution < -0.4 is 5.32 Å². The van der Waals surface area contributed by atoms with Crippen molar-refractivity contribution in [1.29, 1.82) is 0 Å². The van der Waals surface area contributed by atoms with Crippen LogP contribution in [0, 0.1) is 0 Å². The average molecular weight is 423 g/mol. The van der Waals surface area contributed by atoms with E-state index in [2.05, 4.69) is 20.2 Å². The third-order valence-corrected chi connectivity index (χ3v) is 6.56. The van der Waals surface area contributed by atoms with Crippen LogP contribution >= 0.6 is 22.9 Å². The van der Waals surface area contributed by atoms with E-state index in [1.165, 1.54) is 11.3 Å². The Morgan fingerprint density at radius 1 is 1.30 bits per heavy atom. The molecule has 1 atom stereocenters. The molecule has 0 spiro atoms. The summed E-state index contributed by atoms with van der Waals surface area (Å²) in [6.07, 6.45) is 3.59. The molecule has 9 heteroatoms. The van der Waals surface area contributed by atoms with Gasteiger partial charge in [0.25, 0.3) is 0 Å². The van der Waals surface area contributed by atoms with Gasteiger partial charge in [-0.2, -0.15) is 0 Å². The molecule has 0 aliphatic carbocycles. The number of benzene rings is 1. The molecule has 4 rings (SSSR count). The minimum atomic E-state index is -1.93. The van der Waals surface area contributed by atoms with E-state index in [0.29, 0.717) is 10.9 Å². The molecule has 1 saturated heterocycles. The number of piperidine rings is 1. The third-order valence-electron chi connectivity index (χ3n) is 4.73. The van der Waals surface area contributed by atoms with Crippen LogP contribution in [0.25, 0.3) is 10.2 Å². The van der Waals surface area contributed by atoms with E-state index in [1.807, 2.05) is 18.2 Å². The average Bonchev–Trinajstić information content (AvgIpc) is 3.05. The Balaban J connectivity index is 1.36. The first-order valence-corrected chi connectivity index (χ1v) is 11.0. The van der Waals surface area contributed by atoms with Crippen molar-refractivity contribution in [2.45, 2.75) is 30.3 Å². The van der Waals surface area contributed by atoms with E-state index in [4.69, 9.17) is 11.6 Å². The van der Waals surface area contributed by atoms with E-state index in [0.717, 1.165) is 58.4 Å². The van der Waals surface area contributed by atoms with Crippen LogP contribution in [0.15, 0.2) is 41.6 Å². The van der Waals surface area contributed by atoms with Crippen molar-refractivity contribution in [3.63, 3.8) is 0 Å². The Morgan fingerprint density at radius 3 is 2.89 bits per heavy atom. The highest BCUT2D eigenvalue weighted by Gasteiger charge is 2.21. The first kappa shape index (κ1) is 18.8. The molecule has 1 aromatic carbocycles. The summed E-state index contributed by atoms with van der Waals surface area (Å²) in [4.78, 5) is 12.4. The lowest BCUT2D eigenvalue weighted by molar-refractivity contribution is 0.211. The Hall–Kier alpha value is -1.58. The molecule has 3 aromatic rings. The maximum atomic E-state index is 11.2. The number of anilines is 1. The van der Waals surface area contributed by atoms with Crippen LogP contribution in [0.1, 0.15) is 18.4 Å². The normalized spacial score (nSPS) is 17.3. The van der Waals surface area contributed by atoms with E-state index in [-0.39, 0.29) is 0 Å². The molecular formula is C18H19ClN4O2S2. The minimum absolute atomic E-state index is 0.356. The molecule has 0 saturated carbocycles. The number of nitrogens with one attached hydrogen (secondary N) is 1. The van der Waals surface area contributed by atoms with Gasteiger partial charge in [-0.05, 0) is 36.6 Å². The fourth-order valence-electron chi connectivity index (χ4n) is 3.38. The molecule has 0 radical (unpaired) electrons. The van der Waals surface area contributed by atoms with Gasteiger partial charge in [-0.3, -0.25) is 4.90 Å². The second kappa shape index (κ2) is 8.20. The quantitative estimate of drug-likeness (QED) is 0.605. The molecule has 1 aliphatic rings. The summed E-state index contributed by atoms with van der Waals surface area (Å²) in [5.74, 6) is 0.847. The number of nitrogens with zero attached hydrogens (tertiary/aromatic N) is 3. The number of thiophene rings is 1. The van der Waals surface area contributed by atoms with Gasteiger partial charge in [-0.1, -0.05) is 23.7 Å². The number of likely N-dealkylation sites (tertiary alicyclic amines) is 1. The molecule has 142 valence electrons. The molecule has 6 nitrogen and oxygen atoms in total. The van der Waals surface area contributed by atoms with Gasteiger partial charge in [-0.15, -0.1) is 11.3 Å². The number of hydrogen-bond acceptors (Lipinski definition) is 6. The van der Waals surface area contributed by atoms with Crippen molar-refractivity contribution < 1.29 is 8.76 Å². The molecule has 1 aliphatic heterocycles. The highest BCUT2D eigenvalue weighted by atomic mass is 35.5. The van der Waals surface area contributed by atoms with Gasteiger partial charge >= 0.3 is 0 Å². The Kier molecular flexibility index (Phi) is 5.70. The summed E-state index contributed by atoms with van der Waals surface area (Å²) >= 11 is 5.63. The van der Waals surface area contributed by atoms with E-state index < -0.39 is 11.1 Å². The smallest absolute Gasteiger partial charge is 0.186 e. The molecule has 1 fully saturated rings. The Morgan fingerprint density at radius 2 is 2.11 bits per heavy atom. The second-order valence-electron chi connectivity index (χ2n) is 6.58. The van der Waals surface area contributed by atoms with Crippen molar-refractivity contribution in [1.82, 2.24) is 14.9 Å². The van der Waals surface area contributed by atoms with Crippen molar-refractivity contribution >= 4 is 50.1 Å². The molecule has 27 heavy (non-hydrogen) atoms. The lowest BCUT2D eigenvalue weighted by Crippen LogP contribution is -2.38. The SMILES string of the molecule is O=S(O)c1cccc(CN2CCC(Nc3ncnc4sc(Cl)cc34)CC2)c1. The number of fused-ring (bicyclic) bond motifs is 1. The number of rotatable bonds is 5. The van der Waals surface area contributed by atoms with Crippen molar-refractivity contribution in [3.05, 3.63) is 46.6 Å². The number of aromatic nitrogens is 2. The maximum absolute atomic E-state index is 11.2. The molecular weight excluding hydrogens is 404 g/mol. The molecule has 2 N–H and O–H groups in total. The van der Waals surface area contributed by atoms with Crippen LogP contribution in [0.5, 0.6) is 0 Å². The summed E-state index contributed by atoms with van der Waals surface area (Å²) in [7, 11) is 0. The molecule has 2 aromatic heterocycles. The largest absolute Gasteiger partial charge is 0.367 e. The monoisotopic (exact) mass is 422 g/mol. The predicted molar refractivity (Wildman–Crippen MR) is 110 cm³/mol. The van der Waals surface area contributed by atoms with E-state index >= 15 is 0 Å². The standard InChI is InChI=1S/C18H19ClN4O2S2/c19-16-9-15-17(20-11-21-18(15)26-16)22-13-4-6-23(7-5-13)10-12-2-1-3-14(8-12)27(24)25/h1-3,8-9,11,13H,4-7,10H2,(H,24,25)(H,20,21,22). The predicted octanol–water partition coefficient (Wildman–Crippen LogP) is 4.00. The van der Waals surface area contributed by atoms with Crippen LogP contribution in [0.4, 0.5) is 5.82 Å². The molecule has 0 bridgehead atoms. The maximum Gasteiger partial charge on any atom is 0.186 e. The first-order chi connectivity index (χ1) is 13.1. The van der Waals surface area contributed by atoms with Crippen molar-refractivity contribution in [2.24, 2.45) is 0 Å². The van der Waals surface area contributed by atoms with Crippen molar-refractivity contribution in [2.75, 3.05) is 18.4 Å². The van der Waals surface area contributed by atoms with Crippen LogP contribution in [-0.4, -0.2) is 42.8 Å². The van der Waals surface area contributed by atoms with Gasteiger partial charge < -0.3 is 9.87 Å². The van der Waals surface area contributed by atoms with Gasteiger partial charge in [0.2, 0.25) is 0 Å². The fourth-order valence-corrected chi connectivity index (χ4v) is 4.88. The second-order valence-corrected chi connectivity index (χ2v) is 9.21. The summed E-state index contributed by atoms with van der Waals surface area (Å²) in [5, 5.41) is 4.52. The third kappa shape index (κ3) is 4.47. The first-order valence-electron chi connectivity index (χ1n) is 8.67. The molecule has 3 heterocycles. The molecule has 0 amide bonds. The lowest BCUT2D eigenvalue weighted by atomic mass is 10.0. The van der Waals surface area contributed by atoms with Gasteiger partial charge in [0.05, 0.1) is 14.6 Å². The fraction of sp³-hybridized carbons (Fsp3) is 0.333. The highest BCUT2D eigenvalue weighted by molar-refractivity contribution is 7.79. The summed E-state index contributed by atoms with van der Waals surface area (Å²) in [6.45, 7) is 2.71. The lowest BCUT2D eigenvalue weighted by Gasteiger charge is -2.32. The summed E-state index contributed by atoms with van der Waals surface area (Å²) < 4.78 is 21.2. The van der Waals surface area contributed by atoms with Gasteiger partial charge in [0.15, 0.2) is 11.1 Å². The van der Waals surface area contributed by atoms with E-state index in [1.54, 1.807) is 18.5 Å². The molecule has 1 unspecified atom stereocenters. The summed E-state index contributed by atoms with van der Waals surface area (Å²) in [5.41, 5.74) is 1.06. The zero-order valence-corrected chi connectivity index (χ0v) is 16.9. The van der Waals surface area contributed by atoms with Crippen LogP contribution in [-0.2, 0) is 17.6 Å². The van der Waals surface area contributed by atoms with Gasteiger partial charge in [0, 0.05) is 25.7 Å². The van der Waals surface area contributed by atoms with Crippen molar-refractivity contribution in [3.8, 4) is 0 Å². The summed E-state index contributed by atoms with van der Waals surface area (Å²) in [6, 6.07) is 9.58.